The minimum atomic E-state index is -2.58. The number of alkyl carbamates (subject to hydrolysis) is 1. The summed E-state index contributed by atoms with van der Waals surface area (Å²) in [7, 11) is -1.95. The van der Waals surface area contributed by atoms with Gasteiger partial charge in [0, 0.05) is 49.8 Å². The fourth-order valence-electron chi connectivity index (χ4n) is 14.4. The van der Waals surface area contributed by atoms with E-state index in [0.717, 1.165) is 18.7 Å². The van der Waals surface area contributed by atoms with Gasteiger partial charge in [0.25, 0.3) is 11.8 Å². The number of fused-ring (bicyclic) bond motifs is 6. The lowest BCUT2D eigenvalue weighted by Gasteiger charge is -2.67. The number of aliphatic carboxylic acids is 1. The molecule has 10 rings (SSSR count). The van der Waals surface area contributed by atoms with Gasteiger partial charge < -0.3 is 64.4 Å². The van der Waals surface area contributed by atoms with E-state index in [1.54, 1.807) is 98.8 Å². The molecule has 2 saturated heterocycles. The van der Waals surface area contributed by atoms with Crippen molar-refractivity contribution in [2.75, 3.05) is 25.5 Å². The highest BCUT2D eigenvalue weighted by molar-refractivity contribution is 7.86. The molecule has 3 aliphatic heterocycles. The van der Waals surface area contributed by atoms with Gasteiger partial charge in [0.2, 0.25) is 12.0 Å². The summed E-state index contributed by atoms with van der Waals surface area (Å²) in [5.74, 6) is -12.1. The molecule has 27 heteroatoms. The second-order valence-corrected chi connectivity index (χ2v) is 28.2. The van der Waals surface area contributed by atoms with Crippen molar-refractivity contribution in [3.8, 4) is 0 Å². The van der Waals surface area contributed by atoms with E-state index in [4.69, 9.17) is 33.2 Å². The molecule has 4 aromatic carbocycles. The SMILES string of the molecule is CC(=O)O[C@H]1C(=O)[C@@]2(C)C([C@H](OC(=O)c3ccccc3)[C@]3(O)C[C@H](OC(=O)[C@H](OC(=O)CC(C)(C)CNC(=O)OCC4=C(C(=O)O)N5C(=O)[C@@H](NC(=O)Cc6ccccc6)C5S(=O)C4)[C@@H](NC(=O)c4ccccc4)c4ccccc4)C(C)=C1C3(C)C)[C@]1(OC(C)=O)CO[C@@H]1C[C@@H]2O. The number of esters is 5. The molecule has 0 spiro atoms. The number of aliphatic hydroxyl groups excluding tert-OH is 1. The highest BCUT2D eigenvalue weighted by Crippen LogP contribution is 2.64. The average molecular weight is 1360 g/mol. The summed E-state index contributed by atoms with van der Waals surface area (Å²) in [6.07, 6.45) is -13.4. The highest BCUT2D eigenvalue weighted by atomic mass is 32.2. The molecule has 4 amide bonds. The van der Waals surface area contributed by atoms with Crippen LogP contribution < -0.4 is 16.0 Å². The van der Waals surface area contributed by atoms with Gasteiger partial charge in [-0.25, -0.2) is 19.2 Å². The molecule has 14 atom stereocenters. The smallest absolute Gasteiger partial charge is 0.407 e. The number of aliphatic hydroxyl groups is 2. The summed E-state index contributed by atoms with van der Waals surface area (Å²) in [6.45, 7) is 9.55. The minimum Gasteiger partial charge on any atom is -0.477 e. The molecule has 3 unspecified atom stereocenters. The van der Waals surface area contributed by atoms with Crippen LogP contribution in [0.1, 0.15) is 113 Å². The number of benzene rings is 4. The minimum absolute atomic E-state index is 0.0121. The molecule has 4 fully saturated rings. The van der Waals surface area contributed by atoms with Crippen LogP contribution in [0.2, 0.25) is 0 Å². The molecular formula is C70H76N4O22S. The predicted molar refractivity (Wildman–Crippen MR) is 340 cm³/mol. The van der Waals surface area contributed by atoms with Crippen LogP contribution in [0.25, 0.3) is 0 Å². The lowest BCUT2D eigenvalue weighted by Crippen LogP contribution is -2.82. The zero-order chi connectivity index (χ0) is 70.3. The largest absolute Gasteiger partial charge is 0.477 e. The number of hydrogen-bond donors (Lipinski definition) is 6. The first kappa shape index (κ1) is 70.4. The van der Waals surface area contributed by atoms with Gasteiger partial charge in [-0.1, -0.05) is 125 Å². The maximum atomic E-state index is 15.9. The number of carbonyl (C=O) groups is 11. The van der Waals surface area contributed by atoms with Crippen LogP contribution in [0.15, 0.2) is 144 Å². The van der Waals surface area contributed by atoms with Gasteiger partial charge in [-0.2, -0.15) is 0 Å². The number of ketones is 1. The first-order chi connectivity index (χ1) is 45.8. The highest BCUT2D eigenvalue weighted by Gasteiger charge is 2.78. The van der Waals surface area contributed by atoms with Gasteiger partial charge in [-0.3, -0.25) is 42.7 Å². The van der Waals surface area contributed by atoms with Crippen molar-refractivity contribution in [1.82, 2.24) is 20.9 Å². The third kappa shape index (κ3) is 13.6. The Labute approximate surface area is 560 Å². The van der Waals surface area contributed by atoms with E-state index in [0.29, 0.717) is 5.56 Å². The van der Waals surface area contributed by atoms with Crippen LogP contribution in [0.3, 0.4) is 0 Å². The number of carbonyl (C=O) groups excluding carboxylic acids is 10. The fraction of sp³-hybridized carbons (Fsp3) is 0.443. The van der Waals surface area contributed by atoms with Gasteiger partial charge in [0.1, 0.15) is 53.7 Å². The number of nitrogens with one attached hydrogen (secondary N) is 3. The van der Waals surface area contributed by atoms with Gasteiger partial charge >= 0.3 is 41.9 Å². The summed E-state index contributed by atoms with van der Waals surface area (Å²) in [4.78, 5) is 155. The van der Waals surface area contributed by atoms with Crippen LogP contribution in [0.5, 0.6) is 0 Å². The second kappa shape index (κ2) is 27.6. The monoisotopic (exact) mass is 1360 g/mol. The predicted octanol–water partition coefficient (Wildman–Crippen LogP) is 4.43. The number of rotatable bonds is 21. The Hall–Kier alpha value is -9.44. The van der Waals surface area contributed by atoms with E-state index in [2.05, 4.69) is 16.0 Å². The van der Waals surface area contributed by atoms with Gasteiger partial charge in [-0.05, 0) is 65.8 Å². The number of carboxylic acids is 1. The molecule has 3 aliphatic carbocycles. The number of nitrogens with zero attached hydrogens (tertiary/aromatic N) is 1. The second-order valence-electron chi connectivity index (χ2n) is 26.7. The topological polar surface area (TPSA) is 369 Å². The molecule has 0 aromatic heterocycles. The third-order valence-electron chi connectivity index (χ3n) is 19.4. The third-order valence-corrected chi connectivity index (χ3v) is 21.0. The Kier molecular flexibility index (Phi) is 20.0. The van der Waals surface area contributed by atoms with Crippen LogP contribution >= 0.6 is 0 Å². The van der Waals surface area contributed by atoms with Crippen molar-refractivity contribution in [1.29, 1.82) is 0 Å². The van der Waals surface area contributed by atoms with E-state index >= 15 is 9.59 Å². The zero-order valence-corrected chi connectivity index (χ0v) is 55.2. The van der Waals surface area contributed by atoms with Crippen LogP contribution in [0.4, 0.5) is 4.79 Å². The molecule has 2 bridgehead atoms. The van der Waals surface area contributed by atoms with E-state index in [9.17, 15) is 62.7 Å². The van der Waals surface area contributed by atoms with E-state index < -0.39 is 201 Å². The Morgan fingerprint density at radius 1 is 0.814 bits per heavy atom. The summed E-state index contributed by atoms with van der Waals surface area (Å²) in [5, 5.41) is 43.4. The summed E-state index contributed by atoms with van der Waals surface area (Å²) >= 11 is 0. The lowest BCUT2D eigenvalue weighted by molar-refractivity contribution is -0.346. The number of amides is 4. The van der Waals surface area contributed by atoms with Gasteiger partial charge in [0.15, 0.2) is 17.5 Å². The van der Waals surface area contributed by atoms with E-state index in [1.807, 2.05) is 0 Å². The molecule has 2 saturated carbocycles. The molecule has 514 valence electrons. The fourth-order valence-corrected chi connectivity index (χ4v) is 16.1. The molecule has 3 heterocycles. The maximum Gasteiger partial charge on any atom is 0.407 e. The molecule has 0 radical (unpaired) electrons. The van der Waals surface area contributed by atoms with Gasteiger partial charge in [0.05, 0.1) is 59.0 Å². The molecular weight excluding hydrogens is 1280 g/mol. The van der Waals surface area contributed by atoms with Crippen molar-refractivity contribution in [2.24, 2.45) is 22.2 Å². The molecule has 97 heavy (non-hydrogen) atoms. The van der Waals surface area contributed by atoms with Crippen molar-refractivity contribution in [3.05, 3.63) is 166 Å². The molecule has 4 aromatic rings. The first-order valence-electron chi connectivity index (χ1n) is 31.4. The lowest BCUT2D eigenvalue weighted by atomic mass is 9.44. The normalized spacial score (nSPS) is 28.3. The quantitative estimate of drug-likeness (QED) is 0.0291. The summed E-state index contributed by atoms with van der Waals surface area (Å²) < 4.78 is 56.2. The van der Waals surface area contributed by atoms with Gasteiger partial charge in [-0.15, -0.1) is 0 Å². The first-order valence-corrected chi connectivity index (χ1v) is 32.8. The van der Waals surface area contributed by atoms with E-state index in [1.165, 1.54) is 64.1 Å². The number of ether oxygens (including phenoxy) is 7. The molecule has 6 aliphatic rings. The average Bonchev–Trinajstić information content (AvgIpc) is 0.668. The molecule has 26 nitrogen and oxygen atoms in total. The maximum absolute atomic E-state index is 15.9. The Morgan fingerprint density at radius 2 is 1.42 bits per heavy atom. The summed E-state index contributed by atoms with van der Waals surface area (Å²) in [6, 6.07) is 29.2. The van der Waals surface area contributed by atoms with Crippen molar-refractivity contribution in [2.45, 2.75) is 146 Å². The van der Waals surface area contributed by atoms with Crippen LogP contribution in [-0.4, -0.2) is 175 Å². The Balaban J connectivity index is 0.949. The number of carboxylic acid groups (broad SMARTS) is 1. The number of Topliss-reactive ketones (excluding diaryl/α,β-unsaturated/α-hetero) is 1. The van der Waals surface area contributed by atoms with Crippen molar-refractivity contribution >= 4 is 76.2 Å². The number of β-lactam (4-membered cyclic amide) rings is 1. The number of hydrogen-bond acceptors (Lipinski definition) is 21. The van der Waals surface area contributed by atoms with Crippen molar-refractivity contribution < 1.29 is 105 Å². The zero-order valence-electron chi connectivity index (χ0n) is 54.4. The Morgan fingerprint density at radius 3 is 2.01 bits per heavy atom. The summed E-state index contributed by atoms with van der Waals surface area (Å²) in [5.41, 5.74) is -9.61. The van der Waals surface area contributed by atoms with Crippen LogP contribution in [-0.2, 0) is 88.7 Å². The van der Waals surface area contributed by atoms with Crippen molar-refractivity contribution in [3.63, 3.8) is 0 Å². The standard InChI is InChI=1S/C70H76N4O22S/c1-37-45(31-70(88)58(95-63(85)43-27-19-12-20-28-43)56-68(8,46(77)30-47-69(56,36-91-47)96-39(3)76)57(80)54(92-38(2)75)50(37)67(70,6)7)93-64(86)55(51(41-23-15-10-16-24-41)73-59(81)42-25-17-11-18-26-42)94-49(79)32-66(4,5)35-71-65(87)90-33-44-34-97(89)61-52(60(82)74(61)53(44)62(83)84)72-48(78)29-40-21-13-9-14-22-40/h9-28,45-47,51-52,54-56,58,61,77,88H,29-36H2,1-8H3,(H,71,87)(H,72,78)(H,73,81)(H,83,84)/t45-,46-,47+,51-,52+,54+,55+,56?,58-,61?,68+,69-,70+,97?/m0/s1. The Bertz CT molecular complexity index is 3900. The van der Waals surface area contributed by atoms with Crippen LogP contribution in [0, 0.1) is 22.2 Å². The molecule has 6 N–H and O–H groups in total. The van der Waals surface area contributed by atoms with E-state index in [-0.39, 0.29) is 52.8 Å².